The maximum Gasteiger partial charge on any atom is 0.0544 e. The Morgan fingerprint density at radius 1 is 1.20 bits per heavy atom. The van der Waals surface area contributed by atoms with Gasteiger partial charge in [0.1, 0.15) is 0 Å². The number of nitrogens with zero attached hydrogens (tertiary/aromatic N) is 2. The van der Waals surface area contributed by atoms with E-state index in [1.165, 1.54) is 44.5 Å². The molecular weight excluding hydrogens is 314 g/mol. The van der Waals surface area contributed by atoms with Crippen LogP contribution in [-0.2, 0) is 6.54 Å². The zero-order valence-corrected chi connectivity index (χ0v) is 13.3. The Balaban J connectivity index is 1.47. The van der Waals surface area contributed by atoms with Gasteiger partial charge in [-0.2, -0.15) is 0 Å². The number of hydrogen-bond donors (Lipinski definition) is 1. The molecule has 0 bridgehead atoms. The predicted molar refractivity (Wildman–Crippen MR) is 83.4 cm³/mol. The monoisotopic (exact) mass is 335 g/mol. The van der Waals surface area contributed by atoms with Crippen molar-refractivity contribution in [3.63, 3.8) is 0 Å². The van der Waals surface area contributed by atoms with E-state index in [1.807, 2.05) is 6.20 Å². The summed E-state index contributed by atoms with van der Waals surface area (Å²) in [4.78, 5) is 7.26. The predicted octanol–water partition coefficient (Wildman–Crippen LogP) is 2.81. The van der Waals surface area contributed by atoms with Gasteiger partial charge in [0.2, 0.25) is 0 Å². The molecule has 2 unspecified atom stereocenters. The van der Waals surface area contributed by atoms with E-state index in [1.54, 1.807) is 0 Å². The zero-order chi connectivity index (χ0) is 13.5. The van der Waals surface area contributed by atoms with Gasteiger partial charge in [0.15, 0.2) is 0 Å². The van der Waals surface area contributed by atoms with Crippen molar-refractivity contribution in [1.82, 2.24) is 15.2 Å². The fourth-order valence-electron chi connectivity index (χ4n) is 3.50. The van der Waals surface area contributed by atoms with Crippen molar-refractivity contribution in [3.8, 4) is 0 Å². The minimum absolute atomic E-state index is 0.723. The first kappa shape index (κ1) is 13.2. The van der Waals surface area contributed by atoms with Crippen molar-refractivity contribution in [2.24, 2.45) is 11.8 Å². The van der Waals surface area contributed by atoms with Gasteiger partial charge >= 0.3 is 0 Å². The molecule has 4 rings (SSSR count). The molecule has 3 aliphatic rings. The van der Waals surface area contributed by atoms with E-state index in [-0.39, 0.29) is 0 Å². The van der Waals surface area contributed by atoms with Gasteiger partial charge < -0.3 is 5.32 Å². The summed E-state index contributed by atoms with van der Waals surface area (Å²) in [6.07, 6.45) is 7.61. The molecule has 1 N–H and O–H groups in total. The van der Waals surface area contributed by atoms with E-state index in [0.29, 0.717) is 0 Å². The number of nitrogens with one attached hydrogen (secondary N) is 1. The smallest absolute Gasteiger partial charge is 0.0544 e. The number of hydrogen-bond acceptors (Lipinski definition) is 3. The number of halogens is 1. The van der Waals surface area contributed by atoms with Gasteiger partial charge in [0.25, 0.3) is 0 Å². The van der Waals surface area contributed by atoms with E-state index in [4.69, 9.17) is 0 Å². The molecule has 2 saturated carbocycles. The SMILES string of the molecule is Brc1ccc(CN2CC(C3CC3)NCC2C2CC2)nc1. The lowest BCUT2D eigenvalue weighted by atomic mass is 10.0. The average molecular weight is 336 g/mol. The van der Waals surface area contributed by atoms with Crippen LogP contribution in [0.5, 0.6) is 0 Å². The first-order chi connectivity index (χ1) is 9.79. The summed E-state index contributed by atoms with van der Waals surface area (Å²) in [5, 5.41) is 3.81. The van der Waals surface area contributed by atoms with Crippen LogP contribution in [0.3, 0.4) is 0 Å². The van der Waals surface area contributed by atoms with Crippen LogP contribution in [0.2, 0.25) is 0 Å². The molecule has 1 saturated heterocycles. The summed E-state index contributed by atoms with van der Waals surface area (Å²) in [7, 11) is 0. The second kappa shape index (κ2) is 5.39. The summed E-state index contributed by atoms with van der Waals surface area (Å²) >= 11 is 3.47. The maximum absolute atomic E-state index is 4.56. The van der Waals surface area contributed by atoms with Crippen LogP contribution in [0, 0.1) is 11.8 Å². The van der Waals surface area contributed by atoms with Gasteiger partial charge in [0.05, 0.1) is 5.69 Å². The lowest BCUT2D eigenvalue weighted by Crippen LogP contribution is -2.57. The minimum Gasteiger partial charge on any atom is -0.311 e. The summed E-state index contributed by atoms with van der Waals surface area (Å²) in [5.74, 6) is 1.87. The Hall–Kier alpha value is -0.450. The second-order valence-electron chi connectivity index (χ2n) is 6.65. The molecule has 0 radical (unpaired) electrons. The van der Waals surface area contributed by atoms with E-state index in [9.17, 15) is 0 Å². The molecule has 0 amide bonds. The standard InChI is InChI=1S/C16H22BrN3/c17-13-5-6-14(18-7-13)9-20-10-15(11-1-2-11)19-8-16(20)12-3-4-12/h5-7,11-12,15-16,19H,1-4,8-10H2. The van der Waals surface area contributed by atoms with Crippen LogP contribution in [-0.4, -0.2) is 35.1 Å². The molecule has 1 aromatic heterocycles. The maximum atomic E-state index is 4.56. The van der Waals surface area contributed by atoms with Crippen molar-refractivity contribution < 1.29 is 0 Å². The van der Waals surface area contributed by atoms with Crippen molar-refractivity contribution >= 4 is 15.9 Å². The molecule has 4 heteroatoms. The van der Waals surface area contributed by atoms with Crippen LogP contribution in [0.4, 0.5) is 0 Å². The molecule has 2 aliphatic carbocycles. The fraction of sp³-hybridized carbons (Fsp3) is 0.688. The first-order valence-electron chi connectivity index (χ1n) is 7.87. The second-order valence-corrected chi connectivity index (χ2v) is 7.57. The highest BCUT2D eigenvalue weighted by Gasteiger charge is 2.42. The van der Waals surface area contributed by atoms with Crippen LogP contribution < -0.4 is 5.32 Å². The summed E-state index contributed by atoms with van der Waals surface area (Å²) in [5.41, 5.74) is 1.20. The van der Waals surface area contributed by atoms with Gasteiger partial charge in [-0.25, -0.2) is 0 Å². The highest BCUT2D eigenvalue weighted by Crippen LogP contribution is 2.40. The molecule has 1 aliphatic heterocycles. The van der Waals surface area contributed by atoms with E-state index in [0.717, 1.165) is 34.9 Å². The van der Waals surface area contributed by atoms with Crippen LogP contribution in [0.1, 0.15) is 31.4 Å². The van der Waals surface area contributed by atoms with Crippen LogP contribution >= 0.6 is 15.9 Å². The third-order valence-electron chi connectivity index (χ3n) is 5.00. The molecule has 3 fully saturated rings. The number of piperazine rings is 1. The molecule has 2 heterocycles. The van der Waals surface area contributed by atoms with Crippen molar-refractivity contribution in [2.45, 2.75) is 44.3 Å². The van der Waals surface area contributed by atoms with Gasteiger partial charge in [-0.1, -0.05) is 0 Å². The Labute approximate surface area is 129 Å². The van der Waals surface area contributed by atoms with Crippen LogP contribution in [0.25, 0.3) is 0 Å². The van der Waals surface area contributed by atoms with E-state index >= 15 is 0 Å². The largest absolute Gasteiger partial charge is 0.311 e. The zero-order valence-electron chi connectivity index (χ0n) is 11.8. The van der Waals surface area contributed by atoms with Gasteiger partial charge in [-0.15, -0.1) is 0 Å². The normalized spacial score (nSPS) is 31.4. The van der Waals surface area contributed by atoms with Gasteiger partial charge in [0, 0.05) is 42.4 Å². The molecule has 0 spiro atoms. The lowest BCUT2D eigenvalue weighted by molar-refractivity contribution is 0.0991. The highest BCUT2D eigenvalue weighted by atomic mass is 79.9. The Bertz CT molecular complexity index is 467. The topological polar surface area (TPSA) is 28.2 Å². The molecule has 1 aromatic rings. The Kier molecular flexibility index (Phi) is 3.57. The summed E-state index contributed by atoms with van der Waals surface area (Å²) < 4.78 is 1.07. The quantitative estimate of drug-likeness (QED) is 0.916. The lowest BCUT2D eigenvalue weighted by Gasteiger charge is -2.41. The van der Waals surface area contributed by atoms with Crippen molar-refractivity contribution in [2.75, 3.05) is 13.1 Å². The van der Waals surface area contributed by atoms with Gasteiger partial charge in [-0.3, -0.25) is 9.88 Å². The molecule has 0 aromatic carbocycles. The molecule has 2 atom stereocenters. The third-order valence-corrected chi connectivity index (χ3v) is 5.47. The molecule has 108 valence electrons. The highest BCUT2D eigenvalue weighted by molar-refractivity contribution is 9.10. The minimum atomic E-state index is 0.723. The number of aromatic nitrogens is 1. The number of pyridine rings is 1. The van der Waals surface area contributed by atoms with E-state index < -0.39 is 0 Å². The number of rotatable bonds is 4. The fourth-order valence-corrected chi connectivity index (χ4v) is 3.74. The molecular formula is C16H22BrN3. The van der Waals surface area contributed by atoms with Crippen molar-refractivity contribution in [1.29, 1.82) is 0 Å². The average Bonchev–Trinajstić information content (AvgIpc) is 3.33. The first-order valence-corrected chi connectivity index (χ1v) is 8.67. The third kappa shape index (κ3) is 2.92. The molecule has 3 nitrogen and oxygen atoms in total. The van der Waals surface area contributed by atoms with Gasteiger partial charge in [-0.05, 0) is 65.6 Å². The Morgan fingerprint density at radius 3 is 2.65 bits per heavy atom. The van der Waals surface area contributed by atoms with Crippen LogP contribution in [0.15, 0.2) is 22.8 Å². The Morgan fingerprint density at radius 2 is 2.00 bits per heavy atom. The summed E-state index contributed by atoms with van der Waals surface area (Å²) in [6.45, 7) is 3.41. The van der Waals surface area contributed by atoms with E-state index in [2.05, 4.69) is 43.3 Å². The molecule has 20 heavy (non-hydrogen) atoms. The van der Waals surface area contributed by atoms with Crippen molar-refractivity contribution in [3.05, 3.63) is 28.5 Å². The summed E-state index contributed by atoms with van der Waals surface area (Å²) in [6, 6.07) is 5.72.